The summed E-state index contributed by atoms with van der Waals surface area (Å²) in [6.07, 6.45) is 5.46. The Hall–Kier alpha value is -0.660. The van der Waals surface area contributed by atoms with Crippen molar-refractivity contribution in [1.82, 2.24) is 14.5 Å². The molecule has 0 aromatic rings. The molecule has 2 rings (SSSR count). The molecule has 21 heavy (non-hydrogen) atoms. The number of piperazine rings is 1. The smallest absolute Gasteiger partial charge is 0.241 e. The zero-order valence-electron chi connectivity index (χ0n) is 13.0. The van der Waals surface area contributed by atoms with Crippen molar-refractivity contribution in [2.45, 2.75) is 38.1 Å². The highest BCUT2D eigenvalue weighted by Gasteiger charge is 2.38. The van der Waals surface area contributed by atoms with Crippen LogP contribution < -0.4 is 5.32 Å². The van der Waals surface area contributed by atoms with Crippen molar-refractivity contribution in [3.05, 3.63) is 0 Å². The Morgan fingerprint density at radius 2 is 1.90 bits per heavy atom. The van der Waals surface area contributed by atoms with Gasteiger partial charge in [-0.1, -0.05) is 19.3 Å². The highest BCUT2D eigenvalue weighted by molar-refractivity contribution is 7.89. The van der Waals surface area contributed by atoms with Crippen molar-refractivity contribution in [3.8, 4) is 0 Å². The third-order valence-corrected chi connectivity index (χ3v) is 6.49. The Kier molecular flexibility index (Phi) is 5.62. The Morgan fingerprint density at radius 3 is 2.52 bits per heavy atom. The van der Waals surface area contributed by atoms with Crippen LogP contribution in [0.3, 0.4) is 0 Å². The lowest BCUT2D eigenvalue weighted by atomic mass is 9.91. The van der Waals surface area contributed by atoms with E-state index in [-0.39, 0.29) is 17.6 Å². The highest BCUT2D eigenvalue weighted by atomic mass is 32.2. The molecule has 0 spiro atoms. The fourth-order valence-electron chi connectivity index (χ4n) is 3.27. The summed E-state index contributed by atoms with van der Waals surface area (Å²) in [5, 5.41) is 3.12. The molecule has 2 aliphatic rings. The number of carbonyl (C=O) groups excluding carboxylic acids is 1. The second kappa shape index (κ2) is 7.07. The van der Waals surface area contributed by atoms with Gasteiger partial charge in [0.15, 0.2) is 0 Å². The van der Waals surface area contributed by atoms with E-state index in [1.165, 1.54) is 15.6 Å². The van der Waals surface area contributed by atoms with Gasteiger partial charge >= 0.3 is 0 Å². The van der Waals surface area contributed by atoms with Crippen LogP contribution in [-0.2, 0) is 14.8 Å². The minimum absolute atomic E-state index is 0.144. The third-order valence-electron chi connectivity index (χ3n) is 4.45. The van der Waals surface area contributed by atoms with Crippen molar-refractivity contribution in [2.75, 3.05) is 39.5 Å². The van der Waals surface area contributed by atoms with E-state index in [9.17, 15) is 13.2 Å². The molecule has 1 N–H and O–H groups in total. The summed E-state index contributed by atoms with van der Waals surface area (Å²) in [5.74, 6) is 0.313. The first-order valence-electron chi connectivity index (χ1n) is 7.83. The van der Waals surface area contributed by atoms with Gasteiger partial charge in [-0.2, -0.15) is 4.31 Å². The first-order valence-corrected chi connectivity index (χ1v) is 9.44. The van der Waals surface area contributed by atoms with Crippen LogP contribution in [0.1, 0.15) is 32.1 Å². The van der Waals surface area contributed by atoms with E-state index in [0.717, 1.165) is 25.7 Å². The van der Waals surface area contributed by atoms with Crippen LogP contribution in [0.5, 0.6) is 0 Å². The van der Waals surface area contributed by atoms with E-state index in [1.54, 1.807) is 14.1 Å². The molecular formula is C14H27N3O3S. The molecule has 122 valence electrons. The molecule has 1 amide bonds. The number of amides is 1. The van der Waals surface area contributed by atoms with Gasteiger partial charge < -0.3 is 10.2 Å². The average molecular weight is 317 g/mol. The van der Waals surface area contributed by atoms with Gasteiger partial charge in [-0.25, -0.2) is 8.42 Å². The Labute approximate surface area is 127 Å². The van der Waals surface area contributed by atoms with Crippen molar-refractivity contribution >= 4 is 15.9 Å². The van der Waals surface area contributed by atoms with Crippen LogP contribution in [0.15, 0.2) is 0 Å². The predicted molar refractivity (Wildman–Crippen MR) is 82.4 cm³/mol. The number of hydrogen-bond donors (Lipinski definition) is 1. The minimum Gasteiger partial charge on any atom is -0.347 e. The maximum atomic E-state index is 12.7. The molecule has 1 aliphatic heterocycles. The maximum Gasteiger partial charge on any atom is 0.241 e. The van der Waals surface area contributed by atoms with Crippen molar-refractivity contribution in [3.63, 3.8) is 0 Å². The average Bonchev–Trinajstić information content (AvgIpc) is 2.47. The number of nitrogens with one attached hydrogen (secondary N) is 1. The zero-order chi connectivity index (χ0) is 15.5. The van der Waals surface area contributed by atoms with Gasteiger partial charge in [-0.15, -0.1) is 0 Å². The lowest BCUT2D eigenvalue weighted by Gasteiger charge is -2.36. The van der Waals surface area contributed by atoms with E-state index in [0.29, 0.717) is 19.6 Å². The molecule has 7 heteroatoms. The summed E-state index contributed by atoms with van der Waals surface area (Å²) >= 11 is 0. The largest absolute Gasteiger partial charge is 0.347 e. The Morgan fingerprint density at radius 1 is 1.24 bits per heavy atom. The summed E-state index contributed by atoms with van der Waals surface area (Å²) in [6, 6.07) is -0.595. The van der Waals surface area contributed by atoms with E-state index < -0.39 is 16.1 Å². The topological polar surface area (TPSA) is 69.7 Å². The van der Waals surface area contributed by atoms with Gasteiger partial charge in [0.2, 0.25) is 15.9 Å². The maximum absolute atomic E-state index is 12.7. The number of hydrogen-bond acceptors (Lipinski definition) is 4. The van der Waals surface area contributed by atoms with Crippen LogP contribution >= 0.6 is 0 Å². The van der Waals surface area contributed by atoms with Gasteiger partial charge in [0.1, 0.15) is 6.04 Å². The van der Waals surface area contributed by atoms with Crippen molar-refractivity contribution in [1.29, 1.82) is 0 Å². The molecule has 1 aliphatic carbocycles. The summed E-state index contributed by atoms with van der Waals surface area (Å²) in [4.78, 5) is 13.7. The third kappa shape index (κ3) is 4.17. The lowest BCUT2D eigenvalue weighted by molar-refractivity contribution is -0.133. The molecule has 6 nitrogen and oxygen atoms in total. The number of nitrogens with zero attached hydrogens (tertiary/aromatic N) is 2. The summed E-state index contributed by atoms with van der Waals surface area (Å²) in [6.45, 7) is 1.40. The molecule has 0 aromatic heterocycles. The minimum atomic E-state index is -3.36. The van der Waals surface area contributed by atoms with Gasteiger partial charge in [0.05, 0.1) is 5.75 Å². The normalized spacial score (nSPS) is 25.7. The van der Waals surface area contributed by atoms with Crippen molar-refractivity contribution in [2.24, 2.45) is 5.92 Å². The summed E-state index contributed by atoms with van der Waals surface area (Å²) < 4.78 is 26.9. The van der Waals surface area contributed by atoms with Gasteiger partial charge in [0, 0.05) is 33.7 Å². The van der Waals surface area contributed by atoms with E-state index in [2.05, 4.69) is 5.32 Å². The van der Waals surface area contributed by atoms with Gasteiger partial charge in [-0.3, -0.25) is 4.79 Å². The number of carbonyl (C=O) groups is 1. The fraction of sp³-hybridized carbons (Fsp3) is 0.929. The molecule has 2 fully saturated rings. The molecule has 0 bridgehead atoms. The second-order valence-corrected chi connectivity index (χ2v) is 8.31. The molecular weight excluding hydrogens is 290 g/mol. The monoisotopic (exact) mass is 317 g/mol. The quantitative estimate of drug-likeness (QED) is 0.807. The number of sulfonamides is 1. The second-order valence-electron chi connectivity index (χ2n) is 6.35. The molecule has 1 saturated heterocycles. The molecule has 1 atom stereocenters. The summed E-state index contributed by atoms with van der Waals surface area (Å²) in [7, 11) is -0.0258. The highest BCUT2D eigenvalue weighted by Crippen LogP contribution is 2.26. The van der Waals surface area contributed by atoms with Crippen LogP contribution in [0.4, 0.5) is 0 Å². The number of rotatable bonds is 4. The summed E-state index contributed by atoms with van der Waals surface area (Å²) in [5.41, 5.74) is 0. The lowest BCUT2D eigenvalue weighted by Crippen LogP contribution is -2.59. The fourth-order valence-corrected chi connectivity index (χ4v) is 5.32. The molecule has 0 radical (unpaired) electrons. The van der Waals surface area contributed by atoms with E-state index >= 15 is 0 Å². The van der Waals surface area contributed by atoms with Gasteiger partial charge in [-0.05, 0) is 18.8 Å². The van der Waals surface area contributed by atoms with Crippen LogP contribution in [0, 0.1) is 5.92 Å². The zero-order valence-corrected chi connectivity index (χ0v) is 13.9. The van der Waals surface area contributed by atoms with Crippen LogP contribution in [-0.4, -0.2) is 69.1 Å². The first kappa shape index (κ1) is 16.7. The Balaban J connectivity index is 2.09. The predicted octanol–water partition coefficient (Wildman–Crippen LogP) is 0.259. The molecule has 1 saturated carbocycles. The number of likely N-dealkylation sites (N-methyl/N-ethyl adjacent to an activating group) is 1. The Bertz CT molecular complexity index is 458. The van der Waals surface area contributed by atoms with Crippen molar-refractivity contribution < 1.29 is 13.2 Å². The van der Waals surface area contributed by atoms with E-state index in [1.807, 2.05) is 0 Å². The standard InChI is InChI=1S/C14H27N3O3S/c1-16(2)14(18)13-10-15-8-9-17(13)21(19,20)11-12-6-4-3-5-7-12/h12-13,15H,3-11H2,1-2H3. The van der Waals surface area contributed by atoms with Gasteiger partial charge in [0.25, 0.3) is 0 Å². The first-order chi connectivity index (χ1) is 9.92. The molecule has 1 unspecified atom stereocenters. The SMILES string of the molecule is CN(C)C(=O)C1CNCCN1S(=O)(=O)CC1CCCCC1. The van der Waals surface area contributed by atoms with E-state index in [4.69, 9.17) is 0 Å². The van der Waals surface area contributed by atoms with Crippen LogP contribution in [0.25, 0.3) is 0 Å². The molecule has 0 aromatic carbocycles. The molecule has 1 heterocycles. The van der Waals surface area contributed by atoms with Crippen LogP contribution in [0.2, 0.25) is 0 Å².